The van der Waals surface area contributed by atoms with Crippen LogP contribution in [-0.2, 0) is 15.7 Å². The molecule has 0 fully saturated rings. The van der Waals surface area contributed by atoms with Gasteiger partial charge in [0.2, 0.25) is 0 Å². The molecule has 224 valence electrons. The number of carbonyl (C=O) groups is 2. The summed E-state index contributed by atoms with van der Waals surface area (Å²) in [4.78, 5) is 30.0. The van der Waals surface area contributed by atoms with Crippen molar-refractivity contribution in [1.82, 2.24) is 14.1 Å². The lowest BCUT2D eigenvalue weighted by molar-refractivity contribution is -0.139. The first-order valence-corrected chi connectivity index (χ1v) is 14.0. The van der Waals surface area contributed by atoms with Crippen molar-refractivity contribution in [3.05, 3.63) is 89.2 Å². The van der Waals surface area contributed by atoms with Crippen molar-refractivity contribution in [2.24, 2.45) is 0 Å². The van der Waals surface area contributed by atoms with E-state index in [4.69, 9.17) is 14.2 Å². The molecule has 0 unspecified atom stereocenters. The van der Waals surface area contributed by atoms with Crippen LogP contribution in [0.25, 0.3) is 27.3 Å². The van der Waals surface area contributed by atoms with Crippen LogP contribution >= 0.6 is 11.3 Å². The summed E-state index contributed by atoms with van der Waals surface area (Å²) in [5.74, 6) is -0.595. The number of thiophene rings is 1. The van der Waals surface area contributed by atoms with E-state index < -0.39 is 35.5 Å². The Balaban J connectivity index is 1.49. The summed E-state index contributed by atoms with van der Waals surface area (Å²) in [6.07, 6.45) is -2.90. The van der Waals surface area contributed by atoms with Gasteiger partial charge in [-0.05, 0) is 58.0 Å². The molecular weight excluding hydrogens is 583 g/mol. The number of nitrogens with zero attached hydrogens (tertiary/aromatic N) is 3. The average molecular weight is 612 g/mol. The summed E-state index contributed by atoms with van der Waals surface area (Å²) < 4.78 is 60.4. The number of imidazole rings is 1. The van der Waals surface area contributed by atoms with Gasteiger partial charge in [0.1, 0.15) is 28.8 Å². The Labute approximate surface area is 249 Å². The minimum Gasteiger partial charge on any atom is -0.484 e. The van der Waals surface area contributed by atoms with Gasteiger partial charge in [-0.2, -0.15) is 13.2 Å². The Morgan fingerprint density at radius 3 is 2.44 bits per heavy atom. The molecule has 0 aliphatic carbocycles. The van der Waals surface area contributed by atoms with Crippen molar-refractivity contribution in [2.45, 2.75) is 45.6 Å². The molecule has 43 heavy (non-hydrogen) atoms. The highest BCUT2D eigenvalue weighted by Crippen LogP contribution is 2.40. The number of hydrogen-bond acceptors (Lipinski definition) is 7. The van der Waals surface area contributed by atoms with E-state index in [1.165, 1.54) is 36.8 Å². The minimum absolute atomic E-state index is 0.0599. The Bertz CT molecular complexity index is 1810. The lowest BCUT2D eigenvalue weighted by Gasteiger charge is -2.20. The number of methoxy groups -OCH3 is 1. The van der Waals surface area contributed by atoms with Gasteiger partial charge in [0.25, 0.3) is 0 Å². The predicted octanol–water partition coefficient (Wildman–Crippen LogP) is 8.28. The Kier molecular flexibility index (Phi) is 7.82. The van der Waals surface area contributed by atoms with E-state index in [0.717, 1.165) is 23.0 Å². The maximum Gasteiger partial charge on any atom is 0.418 e. The first kappa shape index (κ1) is 29.9. The van der Waals surface area contributed by atoms with Crippen LogP contribution in [0.2, 0.25) is 0 Å². The predicted molar refractivity (Wildman–Crippen MR) is 156 cm³/mol. The van der Waals surface area contributed by atoms with E-state index in [-0.39, 0.29) is 16.2 Å². The summed E-state index contributed by atoms with van der Waals surface area (Å²) >= 11 is 1.06. The van der Waals surface area contributed by atoms with Gasteiger partial charge >= 0.3 is 18.2 Å². The van der Waals surface area contributed by atoms with Gasteiger partial charge in [0.05, 0.1) is 29.4 Å². The molecule has 0 saturated carbocycles. The molecule has 5 aromatic rings. The fourth-order valence-electron chi connectivity index (χ4n) is 4.60. The third-order valence-electron chi connectivity index (χ3n) is 6.48. The van der Waals surface area contributed by atoms with E-state index >= 15 is 0 Å². The van der Waals surface area contributed by atoms with Crippen molar-refractivity contribution >= 4 is 34.4 Å². The zero-order chi connectivity index (χ0) is 31.1. The molecule has 0 bridgehead atoms. The van der Waals surface area contributed by atoms with E-state index in [2.05, 4.69) is 4.98 Å². The van der Waals surface area contributed by atoms with Crippen LogP contribution in [0.3, 0.4) is 0 Å². The monoisotopic (exact) mass is 611 g/mol. The molecule has 0 radical (unpaired) electrons. The number of halogens is 3. The van der Waals surface area contributed by atoms with Crippen molar-refractivity contribution < 1.29 is 37.0 Å². The number of aromatic nitrogens is 3. The molecule has 0 spiro atoms. The van der Waals surface area contributed by atoms with Gasteiger partial charge < -0.3 is 14.2 Å². The van der Waals surface area contributed by atoms with E-state index in [9.17, 15) is 22.8 Å². The largest absolute Gasteiger partial charge is 0.484 e. The van der Waals surface area contributed by atoms with Crippen LogP contribution in [0.4, 0.5) is 18.0 Å². The standard InChI is InChI=1S/C31H28F3N3O5S/c1-18(20-9-6-7-10-21(20)31(32,33)34)41-25-16-26(43-27(25)28(38)40-5)37-17-35-22-15-19(12-13-24(22)37)23-11-8-14-36(23)29(39)42-30(2,3)4/h6-18H,1-5H3/t18-/m1/s1. The summed E-state index contributed by atoms with van der Waals surface area (Å²) in [5, 5.41) is 0.541. The third-order valence-corrected chi connectivity index (χ3v) is 7.58. The number of hydrogen-bond donors (Lipinski definition) is 0. The fourth-order valence-corrected chi connectivity index (χ4v) is 5.59. The Morgan fingerprint density at radius 1 is 1.00 bits per heavy atom. The quantitative estimate of drug-likeness (QED) is 0.180. The van der Waals surface area contributed by atoms with Crippen molar-refractivity contribution in [3.8, 4) is 22.0 Å². The minimum atomic E-state index is -4.57. The average Bonchev–Trinajstić information content (AvgIpc) is 3.69. The van der Waals surface area contributed by atoms with Gasteiger partial charge in [-0.3, -0.25) is 9.13 Å². The molecule has 3 heterocycles. The molecule has 0 aliphatic heterocycles. The van der Waals surface area contributed by atoms with Crippen LogP contribution in [-0.4, -0.2) is 38.9 Å². The van der Waals surface area contributed by atoms with Crippen LogP contribution < -0.4 is 4.74 Å². The maximum absolute atomic E-state index is 13.6. The molecule has 1 atom stereocenters. The van der Waals surface area contributed by atoms with Gasteiger partial charge in [0, 0.05) is 23.4 Å². The maximum atomic E-state index is 13.6. The van der Waals surface area contributed by atoms with Crippen LogP contribution in [0.15, 0.2) is 73.2 Å². The molecule has 0 N–H and O–H groups in total. The lowest BCUT2D eigenvalue weighted by atomic mass is 10.0. The van der Waals surface area contributed by atoms with Gasteiger partial charge in [0.15, 0.2) is 4.88 Å². The highest BCUT2D eigenvalue weighted by atomic mass is 32.1. The number of esters is 1. The molecule has 5 rings (SSSR count). The van der Waals surface area contributed by atoms with Gasteiger partial charge in [-0.15, -0.1) is 11.3 Å². The highest BCUT2D eigenvalue weighted by molar-refractivity contribution is 7.16. The molecule has 2 aromatic carbocycles. The molecule has 3 aromatic heterocycles. The second-order valence-corrected chi connectivity index (χ2v) is 11.7. The van der Waals surface area contributed by atoms with Crippen molar-refractivity contribution in [1.29, 1.82) is 0 Å². The third kappa shape index (κ3) is 6.14. The van der Waals surface area contributed by atoms with Crippen LogP contribution in [0.5, 0.6) is 5.75 Å². The molecule has 8 nitrogen and oxygen atoms in total. The normalized spacial score (nSPS) is 12.7. The molecule has 12 heteroatoms. The van der Waals surface area contributed by atoms with Crippen molar-refractivity contribution in [3.63, 3.8) is 0 Å². The molecule has 0 saturated heterocycles. The highest BCUT2D eigenvalue weighted by Gasteiger charge is 2.35. The summed E-state index contributed by atoms with van der Waals surface area (Å²) in [6, 6.07) is 15.8. The second kappa shape index (κ2) is 11.3. The number of rotatable bonds is 6. The van der Waals surface area contributed by atoms with E-state index in [1.807, 2.05) is 18.2 Å². The first-order chi connectivity index (χ1) is 20.3. The summed E-state index contributed by atoms with van der Waals surface area (Å²) in [5.41, 5.74) is 1.13. The number of fused-ring (bicyclic) bond motifs is 1. The zero-order valence-corrected chi connectivity index (χ0v) is 24.7. The zero-order valence-electron chi connectivity index (χ0n) is 23.9. The Hall–Kier alpha value is -4.58. The lowest BCUT2D eigenvalue weighted by Crippen LogP contribution is -2.27. The van der Waals surface area contributed by atoms with E-state index in [1.54, 1.807) is 56.1 Å². The molecular formula is C31H28F3N3O5S. The van der Waals surface area contributed by atoms with Gasteiger partial charge in [-0.25, -0.2) is 14.6 Å². The van der Waals surface area contributed by atoms with Crippen LogP contribution in [0.1, 0.15) is 54.6 Å². The fraction of sp³-hybridized carbons (Fsp3) is 0.258. The SMILES string of the molecule is COC(=O)c1sc(-n2cnc3cc(-c4cccn4C(=O)OC(C)(C)C)ccc32)cc1O[C@H](C)c1ccccc1C(F)(F)F. The smallest absolute Gasteiger partial charge is 0.418 e. The van der Waals surface area contributed by atoms with Crippen LogP contribution in [0, 0.1) is 0 Å². The number of alkyl halides is 3. The number of carbonyl (C=O) groups excluding carboxylic acids is 2. The summed E-state index contributed by atoms with van der Waals surface area (Å²) in [6.45, 7) is 6.87. The molecule has 0 amide bonds. The number of ether oxygens (including phenoxy) is 3. The summed E-state index contributed by atoms with van der Waals surface area (Å²) in [7, 11) is 1.22. The van der Waals surface area contributed by atoms with E-state index in [0.29, 0.717) is 21.7 Å². The topological polar surface area (TPSA) is 84.6 Å². The Morgan fingerprint density at radius 2 is 1.74 bits per heavy atom. The van der Waals surface area contributed by atoms with Gasteiger partial charge in [-0.1, -0.05) is 24.3 Å². The van der Waals surface area contributed by atoms with Crippen molar-refractivity contribution in [2.75, 3.05) is 7.11 Å². The molecule has 0 aliphatic rings. The first-order valence-electron chi connectivity index (χ1n) is 13.2. The number of benzene rings is 2. The second-order valence-electron chi connectivity index (χ2n) is 10.7.